The van der Waals surface area contributed by atoms with Gasteiger partial charge in [0.05, 0.1) is 6.61 Å². The largest absolute Gasteiger partial charge is 0.494 e. The standard InChI is InChI=1S/C27H30N2O2/c1-4-29(5-2)19-20-31-27-15-8-22(9-16-27)7-13-25-14-10-24(21-28-25)23-11-17-26(18-12-23)30-6-3/h8-12,14-18,21H,4-6,19-20H2,1-3H3. The maximum absolute atomic E-state index is 5.82. The third kappa shape index (κ3) is 6.87. The van der Waals surface area contributed by atoms with Crippen molar-refractivity contribution in [2.24, 2.45) is 0 Å². The number of benzene rings is 2. The molecule has 0 unspecified atom stereocenters. The fraction of sp³-hybridized carbons (Fsp3) is 0.296. The van der Waals surface area contributed by atoms with Crippen molar-refractivity contribution < 1.29 is 9.47 Å². The number of pyridine rings is 1. The minimum absolute atomic E-state index is 0.667. The first-order valence-electron chi connectivity index (χ1n) is 10.9. The minimum Gasteiger partial charge on any atom is -0.494 e. The molecule has 3 rings (SSSR count). The lowest BCUT2D eigenvalue weighted by atomic mass is 10.1. The Bertz CT molecular complexity index is 981. The molecule has 0 aliphatic heterocycles. The topological polar surface area (TPSA) is 34.6 Å². The van der Waals surface area contributed by atoms with Crippen molar-refractivity contribution in [1.29, 1.82) is 0 Å². The molecule has 0 amide bonds. The predicted octanol–water partition coefficient (Wildman–Crippen LogP) is 5.27. The Morgan fingerprint density at radius 3 is 2.00 bits per heavy atom. The summed E-state index contributed by atoms with van der Waals surface area (Å²) in [6, 6.07) is 19.9. The normalized spacial score (nSPS) is 10.5. The minimum atomic E-state index is 0.667. The molecule has 160 valence electrons. The first-order valence-corrected chi connectivity index (χ1v) is 10.9. The van der Waals surface area contributed by atoms with Crippen LogP contribution < -0.4 is 9.47 Å². The molecule has 0 fully saturated rings. The number of rotatable bonds is 9. The first kappa shape index (κ1) is 22.4. The Kier molecular flexibility index (Phi) is 8.51. The zero-order chi connectivity index (χ0) is 21.9. The highest BCUT2D eigenvalue weighted by Crippen LogP contribution is 2.22. The van der Waals surface area contributed by atoms with Gasteiger partial charge in [0.15, 0.2) is 0 Å². The maximum Gasteiger partial charge on any atom is 0.119 e. The van der Waals surface area contributed by atoms with Crippen LogP contribution >= 0.6 is 0 Å². The van der Waals surface area contributed by atoms with Crippen molar-refractivity contribution >= 4 is 0 Å². The number of ether oxygens (including phenoxy) is 2. The van der Waals surface area contributed by atoms with Gasteiger partial charge in [0.2, 0.25) is 0 Å². The van der Waals surface area contributed by atoms with Crippen molar-refractivity contribution in [3.63, 3.8) is 0 Å². The fourth-order valence-electron chi connectivity index (χ4n) is 3.15. The highest BCUT2D eigenvalue weighted by Gasteiger charge is 2.01. The van der Waals surface area contributed by atoms with Crippen LogP contribution in [0.15, 0.2) is 66.9 Å². The quantitative estimate of drug-likeness (QED) is 0.447. The van der Waals surface area contributed by atoms with E-state index in [1.165, 1.54) is 0 Å². The molecule has 0 bridgehead atoms. The van der Waals surface area contributed by atoms with Crippen molar-refractivity contribution in [3.8, 4) is 34.5 Å². The van der Waals surface area contributed by atoms with E-state index in [4.69, 9.17) is 9.47 Å². The zero-order valence-corrected chi connectivity index (χ0v) is 18.6. The van der Waals surface area contributed by atoms with Gasteiger partial charge in [-0.1, -0.05) is 38.0 Å². The third-order valence-electron chi connectivity index (χ3n) is 5.02. The number of likely N-dealkylation sites (N-methyl/N-ethyl adjacent to an activating group) is 1. The smallest absolute Gasteiger partial charge is 0.119 e. The molecule has 4 nitrogen and oxygen atoms in total. The monoisotopic (exact) mass is 414 g/mol. The van der Waals surface area contributed by atoms with E-state index in [0.29, 0.717) is 13.2 Å². The summed E-state index contributed by atoms with van der Waals surface area (Å²) in [7, 11) is 0. The Hall–Kier alpha value is -3.29. The highest BCUT2D eigenvalue weighted by atomic mass is 16.5. The summed E-state index contributed by atoms with van der Waals surface area (Å²) in [5, 5.41) is 0. The molecule has 0 aliphatic carbocycles. The van der Waals surface area contributed by atoms with Gasteiger partial charge in [-0.05, 0) is 74.0 Å². The van der Waals surface area contributed by atoms with Crippen LogP contribution in [0.2, 0.25) is 0 Å². The second-order valence-corrected chi connectivity index (χ2v) is 7.04. The Balaban J connectivity index is 1.56. The Labute approximate surface area is 185 Å². The van der Waals surface area contributed by atoms with Gasteiger partial charge in [-0.2, -0.15) is 0 Å². The van der Waals surface area contributed by atoms with E-state index in [1.807, 2.05) is 73.8 Å². The van der Waals surface area contributed by atoms with Gasteiger partial charge in [0.25, 0.3) is 0 Å². The Morgan fingerprint density at radius 2 is 1.39 bits per heavy atom. The van der Waals surface area contributed by atoms with Gasteiger partial charge in [0.1, 0.15) is 23.8 Å². The van der Waals surface area contributed by atoms with Gasteiger partial charge in [-0.3, -0.25) is 0 Å². The van der Waals surface area contributed by atoms with Gasteiger partial charge < -0.3 is 14.4 Å². The van der Waals surface area contributed by atoms with Crippen LogP contribution in [0.25, 0.3) is 11.1 Å². The molecular formula is C27H30N2O2. The molecule has 31 heavy (non-hydrogen) atoms. The summed E-state index contributed by atoms with van der Waals surface area (Å²) < 4.78 is 11.3. The van der Waals surface area contributed by atoms with E-state index < -0.39 is 0 Å². The second kappa shape index (κ2) is 11.8. The summed E-state index contributed by atoms with van der Waals surface area (Å²) in [6.07, 6.45) is 1.85. The van der Waals surface area contributed by atoms with Crippen LogP contribution in [0, 0.1) is 11.8 Å². The summed E-state index contributed by atoms with van der Waals surface area (Å²) >= 11 is 0. The summed E-state index contributed by atoms with van der Waals surface area (Å²) in [4.78, 5) is 6.83. The first-order chi connectivity index (χ1) is 15.2. The lowest BCUT2D eigenvalue weighted by Crippen LogP contribution is -2.27. The van der Waals surface area contributed by atoms with Gasteiger partial charge in [-0.15, -0.1) is 0 Å². The average Bonchev–Trinajstić information content (AvgIpc) is 2.82. The van der Waals surface area contributed by atoms with E-state index in [2.05, 4.69) is 35.6 Å². The van der Waals surface area contributed by atoms with Crippen LogP contribution in [-0.4, -0.2) is 42.7 Å². The van der Waals surface area contributed by atoms with Gasteiger partial charge >= 0.3 is 0 Å². The fourth-order valence-corrected chi connectivity index (χ4v) is 3.15. The van der Waals surface area contributed by atoms with Gasteiger partial charge in [-0.25, -0.2) is 4.98 Å². The number of hydrogen-bond acceptors (Lipinski definition) is 4. The lowest BCUT2D eigenvalue weighted by molar-refractivity contribution is 0.223. The van der Waals surface area contributed by atoms with Crippen LogP contribution in [0.3, 0.4) is 0 Å². The Morgan fingerprint density at radius 1 is 0.742 bits per heavy atom. The molecule has 0 saturated heterocycles. The molecule has 4 heteroatoms. The molecular weight excluding hydrogens is 384 g/mol. The van der Waals surface area contributed by atoms with Gasteiger partial charge in [0, 0.05) is 23.9 Å². The second-order valence-electron chi connectivity index (χ2n) is 7.04. The van der Waals surface area contributed by atoms with E-state index in [9.17, 15) is 0 Å². The molecule has 0 atom stereocenters. The molecule has 0 aliphatic rings. The van der Waals surface area contributed by atoms with E-state index in [-0.39, 0.29) is 0 Å². The van der Waals surface area contributed by atoms with Crippen molar-refractivity contribution in [3.05, 3.63) is 78.1 Å². The third-order valence-corrected chi connectivity index (χ3v) is 5.02. The SMILES string of the molecule is CCOc1ccc(-c2ccc(C#Cc3ccc(OCCN(CC)CC)cc3)nc2)cc1. The van der Waals surface area contributed by atoms with Crippen LogP contribution in [0.4, 0.5) is 0 Å². The summed E-state index contributed by atoms with van der Waals surface area (Å²) in [5.41, 5.74) is 3.84. The van der Waals surface area contributed by atoms with Crippen molar-refractivity contribution in [1.82, 2.24) is 9.88 Å². The molecule has 2 aromatic carbocycles. The van der Waals surface area contributed by atoms with Crippen LogP contribution in [-0.2, 0) is 0 Å². The predicted molar refractivity (Wildman–Crippen MR) is 127 cm³/mol. The molecule has 0 saturated carbocycles. The summed E-state index contributed by atoms with van der Waals surface area (Å²) in [5.74, 6) is 8.05. The molecule has 0 spiro atoms. The average molecular weight is 415 g/mol. The zero-order valence-electron chi connectivity index (χ0n) is 18.6. The van der Waals surface area contributed by atoms with Crippen molar-refractivity contribution in [2.45, 2.75) is 20.8 Å². The highest BCUT2D eigenvalue weighted by molar-refractivity contribution is 5.63. The number of hydrogen-bond donors (Lipinski definition) is 0. The molecule has 1 aromatic heterocycles. The van der Waals surface area contributed by atoms with E-state index in [1.54, 1.807) is 0 Å². The van der Waals surface area contributed by atoms with Crippen LogP contribution in [0.5, 0.6) is 11.5 Å². The lowest BCUT2D eigenvalue weighted by Gasteiger charge is -2.17. The summed E-state index contributed by atoms with van der Waals surface area (Å²) in [6.45, 7) is 10.7. The van der Waals surface area contributed by atoms with Crippen LogP contribution in [0.1, 0.15) is 32.0 Å². The number of nitrogens with zero attached hydrogens (tertiary/aromatic N) is 2. The molecule has 0 radical (unpaired) electrons. The maximum atomic E-state index is 5.82. The molecule has 1 heterocycles. The molecule has 3 aromatic rings. The molecule has 0 N–H and O–H groups in total. The van der Waals surface area contributed by atoms with E-state index >= 15 is 0 Å². The van der Waals surface area contributed by atoms with Crippen molar-refractivity contribution in [2.75, 3.05) is 32.8 Å². The number of aromatic nitrogens is 1. The van der Waals surface area contributed by atoms with E-state index in [0.717, 1.165) is 53.5 Å².